The van der Waals surface area contributed by atoms with Gasteiger partial charge >= 0.3 is 5.69 Å². The molecule has 1 amide bonds. The first-order chi connectivity index (χ1) is 11.2. The van der Waals surface area contributed by atoms with Crippen LogP contribution in [0.15, 0.2) is 29.1 Å². The van der Waals surface area contributed by atoms with Crippen LogP contribution in [0.4, 0.5) is 0 Å². The molecule has 1 fully saturated rings. The number of nitrogens with one attached hydrogen (secondary N) is 1. The van der Waals surface area contributed by atoms with Crippen LogP contribution in [0.5, 0.6) is 0 Å². The number of aryl methyl sites for hydroxylation is 1. The van der Waals surface area contributed by atoms with Crippen molar-refractivity contribution in [2.75, 3.05) is 13.2 Å². The van der Waals surface area contributed by atoms with Gasteiger partial charge in [-0.15, -0.1) is 0 Å². The van der Waals surface area contributed by atoms with E-state index in [1.54, 1.807) is 9.13 Å². The van der Waals surface area contributed by atoms with E-state index in [0.717, 1.165) is 36.9 Å². The minimum absolute atomic E-state index is 0.0444. The third-order valence-electron chi connectivity index (χ3n) is 4.22. The number of nitrogens with zero attached hydrogens (tertiary/aromatic N) is 2. The molecule has 1 aliphatic rings. The van der Waals surface area contributed by atoms with Crippen LogP contribution in [-0.2, 0) is 22.6 Å². The highest BCUT2D eigenvalue weighted by Crippen LogP contribution is 2.13. The van der Waals surface area contributed by atoms with Gasteiger partial charge in [0.2, 0.25) is 5.91 Å². The molecule has 1 atom stereocenters. The Hall–Kier alpha value is -2.08. The molecule has 1 unspecified atom stereocenters. The molecule has 2 aromatic rings. The zero-order chi connectivity index (χ0) is 16.2. The highest BCUT2D eigenvalue weighted by molar-refractivity contribution is 5.80. The number of carbonyl (C=O) groups is 1. The van der Waals surface area contributed by atoms with Gasteiger partial charge < -0.3 is 10.1 Å². The van der Waals surface area contributed by atoms with Crippen molar-refractivity contribution >= 4 is 16.9 Å². The summed E-state index contributed by atoms with van der Waals surface area (Å²) < 4.78 is 8.79. The average molecular weight is 317 g/mol. The van der Waals surface area contributed by atoms with Crippen LogP contribution in [0.3, 0.4) is 0 Å². The molecule has 2 heterocycles. The summed E-state index contributed by atoms with van der Waals surface area (Å²) in [5.74, 6) is -0.151. The fourth-order valence-corrected chi connectivity index (χ4v) is 3.10. The number of carbonyl (C=O) groups excluding carboxylic acids is 1. The normalized spacial score (nSPS) is 17.7. The Bertz CT molecular complexity index is 741. The second-order valence-corrected chi connectivity index (χ2v) is 5.95. The van der Waals surface area contributed by atoms with Crippen LogP contribution in [0.25, 0.3) is 11.0 Å². The summed E-state index contributed by atoms with van der Waals surface area (Å²) in [6.07, 6.45) is 3.01. The summed E-state index contributed by atoms with van der Waals surface area (Å²) >= 11 is 0. The Balaban J connectivity index is 1.77. The van der Waals surface area contributed by atoms with Gasteiger partial charge in [0.05, 0.1) is 17.1 Å². The summed E-state index contributed by atoms with van der Waals surface area (Å²) in [5, 5.41) is 2.87. The third kappa shape index (κ3) is 3.32. The maximum Gasteiger partial charge on any atom is 0.329 e. The number of hydrogen-bond donors (Lipinski definition) is 1. The molecule has 124 valence electrons. The molecule has 0 bridgehead atoms. The molecule has 6 heteroatoms. The summed E-state index contributed by atoms with van der Waals surface area (Å²) in [5.41, 5.74) is 1.56. The summed E-state index contributed by atoms with van der Waals surface area (Å²) in [4.78, 5) is 24.8. The molecule has 1 aliphatic heterocycles. The van der Waals surface area contributed by atoms with Gasteiger partial charge in [0.1, 0.15) is 6.54 Å². The molecule has 0 aliphatic carbocycles. The van der Waals surface area contributed by atoms with E-state index >= 15 is 0 Å². The van der Waals surface area contributed by atoms with Crippen LogP contribution in [0.2, 0.25) is 0 Å². The van der Waals surface area contributed by atoms with Crippen LogP contribution >= 0.6 is 0 Å². The predicted octanol–water partition coefficient (Wildman–Crippen LogP) is 1.51. The number of fused-ring (bicyclic) bond motifs is 1. The molecule has 1 N–H and O–H groups in total. The molecule has 0 saturated carbocycles. The lowest BCUT2D eigenvalue weighted by Gasteiger charge is -2.11. The lowest BCUT2D eigenvalue weighted by Crippen LogP contribution is -2.36. The van der Waals surface area contributed by atoms with E-state index in [1.807, 2.05) is 31.2 Å². The summed E-state index contributed by atoms with van der Waals surface area (Å²) in [6.45, 7) is 4.02. The van der Waals surface area contributed by atoms with E-state index < -0.39 is 0 Å². The number of rotatable bonds is 6. The first kappa shape index (κ1) is 15.8. The Morgan fingerprint density at radius 1 is 1.30 bits per heavy atom. The van der Waals surface area contributed by atoms with E-state index in [9.17, 15) is 9.59 Å². The largest absolute Gasteiger partial charge is 0.376 e. The molecule has 1 aromatic carbocycles. The quantitative estimate of drug-likeness (QED) is 0.878. The lowest BCUT2D eigenvalue weighted by molar-refractivity contribution is -0.122. The van der Waals surface area contributed by atoms with Crippen molar-refractivity contribution in [1.82, 2.24) is 14.5 Å². The van der Waals surface area contributed by atoms with Gasteiger partial charge in [0, 0.05) is 19.7 Å². The van der Waals surface area contributed by atoms with E-state index in [0.29, 0.717) is 13.1 Å². The van der Waals surface area contributed by atoms with E-state index in [4.69, 9.17) is 4.74 Å². The predicted molar refractivity (Wildman–Crippen MR) is 88.5 cm³/mol. The Morgan fingerprint density at radius 2 is 2.04 bits per heavy atom. The number of hydrogen-bond acceptors (Lipinski definition) is 3. The smallest absolute Gasteiger partial charge is 0.329 e. The molecule has 0 spiro atoms. The van der Waals surface area contributed by atoms with E-state index in [2.05, 4.69) is 5.32 Å². The third-order valence-corrected chi connectivity index (χ3v) is 4.22. The van der Waals surface area contributed by atoms with Gasteiger partial charge in [-0.25, -0.2) is 4.79 Å². The van der Waals surface area contributed by atoms with Crippen molar-refractivity contribution < 1.29 is 9.53 Å². The molecule has 1 saturated heterocycles. The second-order valence-electron chi connectivity index (χ2n) is 5.95. The lowest BCUT2D eigenvalue weighted by atomic mass is 10.2. The molecule has 1 aromatic heterocycles. The maximum atomic E-state index is 12.6. The van der Waals surface area contributed by atoms with Gasteiger partial charge in [-0.1, -0.05) is 19.1 Å². The highest BCUT2D eigenvalue weighted by atomic mass is 16.5. The summed E-state index contributed by atoms with van der Waals surface area (Å²) in [6, 6.07) is 7.61. The molecule has 23 heavy (non-hydrogen) atoms. The fraction of sp³-hybridized carbons (Fsp3) is 0.529. The van der Waals surface area contributed by atoms with Crippen molar-refractivity contribution in [3.8, 4) is 0 Å². The number of amides is 1. The van der Waals surface area contributed by atoms with Gasteiger partial charge in [0.25, 0.3) is 0 Å². The zero-order valence-electron chi connectivity index (χ0n) is 13.5. The SMILES string of the molecule is CCCn1c(=O)n(CC(=O)NCC2CCCO2)c2ccccc21. The maximum absolute atomic E-state index is 12.6. The van der Waals surface area contributed by atoms with Crippen LogP contribution < -0.4 is 11.0 Å². The number of aromatic nitrogens is 2. The minimum atomic E-state index is -0.151. The van der Waals surface area contributed by atoms with E-state index in [-0.39, 0.29) is 24.2 Å². The number of para-hydroxylation sites is 2. The fourth-order valence-electron chi connectivity index (χ4n) is 3.10. The molecular weight excluding hydrogens is 294 g/mol. The first-order valence-corrected chi connectivity index (χ1v) is 8.27. The monoisotopic (exact) mass is 317 g/mol. The van der Waals surface area contributed by atoms with Crippen molar-refractivity contribution in [3.63, 3.8) is 0 Å². The van der Waals surface area contributed by atoms with Crippen molar-refractivity contribution in [2.45, 2.75) is 45.4 Å². The first-order valence-electron chi connectivity index (χ1n) is 8.27. The van der Waals surface area contributed by atoms with Crippen molar-refractivity contribution in [3.05, 3.63) is 34.7 Å². The Kier molecular flexibility index (Phi) is 4.81. The average Bonchev–Trinajstić information content (AvgIpc) is 3.16. The molecule has 3 rings (SSSR count). The second kappa shape index (κ2) is 7.00. The Morgan fingerprint density at radius 3 is 2.70 bits per heavy atom. The Labute approximate surface area is 135 Å². The topological polar surface area (TPSA) is 65.3 Å². The zero-order valence-corrected chi connectivity index (χ0v) is 13.5. The van der Waals surface area contributed by atoms with Crippen molar-refractivity contribution in [2.24, 2.45) is 0 Å². The standard InChI is InChI=1S/C17H23N3O3/c1-2-9-19-14-7-3-4-8-15(14)20(17(19)22)12-16(21)18-11-13-6-5-10-23-13/h3-4,7-8,13H,2,5-6,9-12H2,1H3,(H,18,21). The minimum Gasteiger partial charge on any atom is -0.376 e. The van der Waals surface area contributed by atoms with E-state index in [1.165, 1.54) is 0 Å². The van der Waals surface area contributed by atoms with Crippen molar-refractivity contribution in [1.29, 1.82) is 0 Å². The van der Waals surface area contributed by atoms with Gasteiger partial charge in [-0.3, -0.25) is 13.9 Å². The summed E-state index contributed by atoms with van der Waals surface area (Å²) in [7, 11) is 0. The van der Waals surface area contributed by atoms with Crippen LogP contribution in [0.1, 0.15) is 26.2 Å². The van der Waals surface area contributed by atoms with Crippen LogP contribution in [-0.4, -0.2) is 34.3 Å². The number of ether oxygens (including phenoxy) is 1. The number of imidazole rings is 1. The van der Waals surface area contributed by atoms with Gasteiger partial charge in [0.15, 0.2) is 0 Å². The van der Waals surface area contributed by atoms with Gasteiger partial charge in [-0.2, -0.15) is 0 Å². The number of benzene rings is 1. The van der Waals surface area contributed by atoms with Gasteiger partial charge in [-0.05, 0) is 31.4 Å². The highest BCUT2D eigenvalue weighted by Gasteiger charge is 2.18. The molecule has 6 nitrogen and oxygen atoms in total. The van der Waals surface area contributed by atoms with Crippen LogP contribution in [0, 0.1) is 0 Å². The molecular formula is C17H23N3O3. The molecule has 0 radical (unpaired) electrons.